The summed E-state index contributed by atoms with van der Waals surface area (Å²) in [5, 5.41) is 7.30. The predicted molar refractivity (Wildman–Crippen MR) is 101 cm³/mol. The van der Waals surface area contributed by atoms with Crippen molar-refractivity contribution in [3.63, 3.8) is 0 Å². The van der Waals surface area contributed by atoms with Crippen LogP contribution in [-0.4, -0.2) is 29.3 Å². The summed E-state index contributed by atoms with van der Waals surface area (Å²) in [4.78, 5) is 9.54. The number of rotatable bonds is 4. The fraction of sp³-hybridized carbons (Fsp3) is 0.250. The molecule has 1 N–H and O–H groups in total. The highest BCUT2D eigenvalue weighted by Crippen LogP contribution is 2.32. The van der Waals surface area contributed by atoms with Crippen molar-refractivity contribution in [2.75, 3.05) is 0 Å². The summed E-state index contributed by atoms with van der Waals surface area (Å²) in [5.74, 6) is 1.81. The molecule has 0 fully saturated rings. The van der Waals surface area contributed by atoms with E-state index in [1.54, 1.807) is 0 Å². The van der Waals surface area contributed by atoms with E-state index in [1.165, 1.54) is 11.3 Å². The second-order valence-corrected chi connectivity index (χ2v) is 6.75. The number of hydrogen-bond acceptors (Lipinski definition) is 3. The van der Waals surface area contributed by atoms with Crippen LogP contribution in [0.5, 0.6) is 0 Å². The molecule has 0 saturated heterocycles. The number of nitrogens with zero attached hydrogens (tertiary/aromatic N) is 5. The van der Waals surface area contributed by atoms with Gasteiger partial charge in [-0.1, -0.05) is 18.2 Å². The van der Waals surface area contributed by atoms with Gasteiger partial charge in [-0.2, -0.15) is 5.10 Å². The van der Waals surface area contributed by atoms with Crippen molar-refractivity contribution in [3.8, 4) is 11.6 Å². The number of hydrogen-bond donors (Lipinski definition) is 1. The van der Waals surface area contributed by atoms with Crippen molar-refractivity contribution in [2.45, 2.75) is 31.8 Å². The average molecular weight is 344 g/mol. The standard InChI is InChI=1S/C20H20N6/c1-2-10-26-18-6-4-3-5-17(18)23-20(26)19-21-9-11-25(19)15-7-8-16-14(12-15)13-22-24-16/h2-6,9,11,13,15H,1,7-8,10,12H2,(H,22,24)/t15-/m1/s1. The van der Waals surface area contributed by atoms with Crippen LogP contribution in [0.25, 0.3) is 22.7 Å². The molecule has 1 aliphatic rings. The number of para-hydroxylation sites is 2. The van der Waals surface area contributed by atoms with Gasteiger partial charge in [0.15, 0.2) is 11.6 Å². The van der Waals surface area contributed by atoms with E-state index < -0.39 is 0 Å². The van der Waals surface area contributed by atoms with Gasteiger partial charge in [-0.15, -0.1) is 6.58 Å². The zero-order valence-corrected chi connectivity index (χ0v) is 14.5. The van der Waals surface area contributed by atoms with Gasteiger partial charge in [-0.05, 0) is 37.0 Å². The molecular formula is C20H20N6. The van der Waals surface area contributed by atoms with E-state index in [4.69, 9.17) is 4.98 Å². The van der Waals surface area contributed by atoms with Crippen molar-refractivity contribution < 1.29 is 0 Å². The normalized spacial score (nSPS) is 16.7. The van der Waals surface area contributed by atoms with Gasteiger partial charge in [0.05, 0.1) is 17.2 Å². The molecule has 6 nitrogen and oxygen atoms in total. The molecule has 1 aliphatic carbocycles. The first kappa shape index (κ1) is 15.1. The van der Waals surface area contributed by atoms with Gasteiger partial charge in [-0.3, -0.25) is 5.10 Å². The smallest absolute Gasteiger partial charge is 0.177 e. The largest absolute Gasteiger partial charge is 0.325 e. The van der Waals surface area contributed by atoms with Gasteiger partial charge in [-0.25, -0.2) is 9.97 Å². The number of aromatic amines is 1. The number of fused-ring (bicyclic) bond motifs is 2. The molecular weight excluding hydrogens is 324 g/mol. The number of nitrogens with one attached hydrogen (secondary N) is 1. The lowest BCUT2D eigenvalue weighted by Gasteiger charge is -2.24. The first-order chi connectivity index (χ1) is 12.8. The summed E-state index contributed by atoms with van der Waals surface area (Å²) in [6, 6.07) is 8.58. The molecule has 0 unspecified atom stereocenters. The van der Waals surface area contributed by atoms with E-state index >= 15 is 0 Å². The summed E-state index contributed by atoms with van der Waals surface area (Å²) >= 11 is 0. The Morgan fingerprint density at radius 1 is 1.27 bits per heavy atom. The molecule has 1 aromatic carbocycles. The minimum absolute atomic E-state index is 0.370. The lowest BCUT2D eigenvalue weighted by atomic mass is 9.93. The third-order valence-electron chi connectivity index (χ3n) is 5.22. The van der Waals surface area contributed by atoms with Crippen LogP contribution in [0.3, 0.4) is 0 Å². The summed E-state index contributed by atoms with van der Waals surface area (Å²) in [5.41, 5.74) is 4.67. The molecule has 0 amide bonds. The lowest BCUT2D eigenvalue weighted by Crippen LogP contribution is -2.19. The molecule has 130 valence electrons. The monoisotopic (exact) mass is 344 g/mol. The molecule has 0 saturated carbocycles. The number of allylic oxidation sites excluding steroid dienone is 1. The van der Waals surface area contributed by atoms with Gasteiger partial charge in [0, 0.05) is 30.7 Å². The second-order valence-electron chi connectivity index (χ2n) is 6.75. The molecule has 3 heterocycles. The predicted octanol–water partition coefficient (Wildman–Crippen LogP) is 3.54. The van der Waals surface area contributed by atoms with Gasteiger partial charge >= 0.3 is 0 Å². The van der Waals surface area contributed by atoms with Crippen molar-refractivity contribution in [3.05, 3.63) is 66.8 Å². The summed E-state index contributed by atoms with van der Waals surface area (Å²) in [6.45, 7) is 4.62. The molecule has 3 aromatic heterocycles. The highest BCUT2D eigenvalue weighted by molar-refractivity contribution is 5.79. The van der Waals surface area contributed by atoms with Crippen LogP contribution < -0.4 is 0 Å². The van der Waals surface area contributed by atoms with Crippen LogP contribution >= 0.6 is 0 Å². The van der Waals surface area contributed by atoms with Crippen LogP contribution in [0.2, 0.25) is 0 Å². The maximum Gasteiger partial charge on any atom is 0.177 e. The fourth-order valence-electron chi connectivity index (χ4n) is 3.98. The maximum atomic E-state index is 4.88. The first-order valence-electron chi connectivity index (χ1n) is 8.95. The quantitative estimate of drug-likeness (QED) is 0.576. The highest BCUT2D eigenvalue weighted by Gasteiger charge is 2.25. The van der Waals surface area contributed by atoms with Crippen LogP contribution in [-0.2, 0) is 19.4 Å². The molecule has 0 bridgehead atoms. The Morgan fingerprint density at radius 3 is 3.12 bits per heavy atom. The Balaban J connectivity index is 1.61. The minimum atomic E-state index is 0.370. The van der Waals surface area contributed by atoms with E-state index in [2.05, 4.69) is 43.2 Å². The van der Waals surface area contributed by atoms with Crippen LogP contribution in [0.4, 0.5) is 0 Å². The van der Waals surface area contributed by atoms with Crippen LogP contribution in [0, 0.1) is 0 Å². The van der Waals surface area contributed by atoms with Gasteiger partial charge in [0.1, 0.15) is 0 Å². The second kappa shape index (κ2) is 5.98. The van der Waals surface area contributed by atoms with Crippen molar-refractivity contribution in [1.29, 1.82) is 0 Å². The van der Waals surface area contributed by atoms with E-state index in [0.717, 1.165) is 41.9 Å². The number of imidazole rings is 2. The Morgan fingerprint density at radius 2 is 2.19 bits per heavy atom. The lowest BCUT2D eigenvalue weighted by molar-refractivity contribution is 0.442. The van der Waals surface area contributed by atoms with E-state index in [9.17, 15) is 0 Å². The van der Waals surface area contributed by atoms with Crippen LogP contribution in [0.15, 0.2) is 55.5 Å². The van der Waals surface area contributed by atoms with Crippen molar-refractivity contribution >= 4 is 11.0 Å². The Hall–Kier alpha value is -3.15. The third-order valence-corrected chi connectivity index (χ3v) is 5.22. The van der Waals surface area contributed by atoms with Crippen LogP contribution in [0.1, 0.15) is 23.7 Å². The maximum absolute atomic E-state index is 4.88. The zero-order valence-electron chi connectivity index (χ0n) is 14.5. The van der Waals surface area contributed by atoms with Crippen molar-refractivity contribution in [2.24, 2.45) is 0 Å². The van der Waals surface area contributed by atoms with Crippen molar-refractivity contribution in [1.82, 2.24) is 29.3 Å². The number of aromatic nitrogens is 6. The minimum Gasteiger partial charge on any atom is -0.325 e. The SMILES string of the molecule is C=CCn1c(-c2nccn2[C@@H]2CCc3[nH]ncc3C2)nc2ccccc21. The average Bonchev–Trinajstić information content (AvgIpc) is 3.39. The number of aryl methyl sites for hydroxylation is 1. The fourth-order valence-corrected chi connectivity index (χ4v) is 3.98. The first-order valence-corrected chi connectivity index (χ1v) is 8.95. The van der Waals surface area contributed by atoms with Gasteiger partial charge in [0.2, 0.25) is 0 Å². The van der Waals surface area contributed by atoms with Gasteiger partial charge < -0.3 is 9.13 Å². The Kier molecular flexibility index (Phi) is 3.48. The Bertz CT molecular complexity index is 1080. The van der Waals surface area contributed by atoms with E-state index in [0.29, 0.717) is 12.6 Å². The molecule has 0 aliphatic heterocycles. The number of H-pyrrole nitrogens is 1. The molecule has 4 aromatic rings. The van der Waals surface area contributed by atoms with Gasteiger partial charge in [0.25, 0.3) is 0 Å². The summed E-state index contributed by atoms with van der Waals surface area (Å²) < 4.78 is 4.46. The topological polar surface area (TPSA) is 64.3 Å². The molecule has 1 atom stereocenters. The molecule has 26 heavy (non-hydrogen) atoms. The van der Waals surface area contributed by atoms with E-state index in [-0.39, 0.29) is 0 Å². The highest BCUT2D eigenvalue weighted by atomic mass is 15.2. The Labute approximate surface area is 151 Å². The molecule has 6 heteroatoms. The number of benzene rings is 1. The molecule has 5 rings (SSSR count). The summed E-state index contributed by atoms with van der Waals surface area (Å²) in [6.07, 6.45) is 10.9. The molecule has 0 radical (unpaired) electrons. The molecule has 0 spiro atoms. The van der Waals surface area contributed by atoms with E-state index in [1.807, 2.05) is 36.7 Å². The zero-order chi connectivity index (χ0) is 17.5. The summed E-state index contributed by atoms with van der Waals surface area (Å²) in [7, 11) is 0. The third kappa shape index (κ3) is 2.29.